The fourth-order valence-electron chi connectivity index (χ4n) is 1.57. The average Bonchev–Trinajstić information content (AvgIpc) is 3.08. The lowest BCUT2D eigenvalue weighted by molar-refractivity contribution is 0.409. The molecule has 2 aromatic heterocycles. The molecule has 4 N–H and O–H groups in total. The van der Waals surface area contributed by atoms with Crippen molar-refractivity contribution in [3.63, 3.8) is 0 Å². The molecule has 0 saturated heterocycles. The molecule has 0 bridgehead atoms. The summed E-state index contributed by atoms with van der Waals surface area (Å²) >= 11 is 1.41. The van der Waals surface area contributed by atoms with Crippen molar-refractivity contribution in [1.29, 1.82) is 0 Å². The maximum atomic E-state index is 8.89. The van der Waals surface area contributed by atoms with E-state index in [4.69, 9.17) is 20.1 Å². The van der Waals surface area contributed by atoms with E-state index in [1.165, 1.54) is 23.7 Å². The van der Waals surface area contributed by atoms with Gasteiger partial charge < -0.3 is 24.5 Å². The van der Waals surface area contributed by atoms with E-state index in [1.807, 2.05) is 24.3 Å². The second kappa shape index (κ2) is 6.74. The second-order valence-corrected chi connectivity index (χ2v) is 5.06. The van der Waals surface area contributed by atoms with Gasteiger partial charge in [-0.2, -0.15) is 0 Å². The predicted octanol–water partition coefficient (Wildman–Crippen LogP) is -0.460. The van der Waals surface area contributed by atoms with Crippen LogP contribution in [0.4, 0.5) is 0 Å². The number of hydrogen-bond donors (Lipinski definition) is 4. The summed E-state index contributed by atoms with van der Waals surface area (Å²) in [5.74, 6) is 0. The first-order chi connectivity index (χ1) is 9.58. The number of hydrogen-bond acceptors (Lipinski definition) is 6. The molecule has 0 spiro atoms. The number of furan rings is 1. The van der Waals surface area contributed by atoms with Gasteiger partial charge in [0.05, 0.1) is 6.26 Å². The van der Waals surface area contributed by atoms with Crippen molar-refractivity contribution >= 4 is 46.1 Å². The molecule has 0 aliphatic rings. The summed E-state index contributed by atoms with van der Waals surface area (Å²) in [5, 5.41) is 35.6. The first kappa shape index (κ1) is 14.8. The third kappa shape index (κ3) is 3.72. The van der Waals surface area contributed by atoms with Gasteiger partial charge in [-0.05, 0) is 29.7 Å². The van der Waals surface area contributed by atoms with Gasteiger partial charge >= 0.3 is 14.2 Å². The number of rotatable bonds is 2. The Morgan fingerprint density at radius 1 is 0.900 bits per heavy atom. The van der Waals surface area contributed by atoms with Crippen molar-refractivity contribution in [2.75, 3.05) is 0 Å². The lowest BCUT2D eigenvalue weighted by Gasteiger charge is -1.87. The molecule has 0 atom stereocenters. The molecule has 102 valence electrons. The first-order valence-electron chi connectivity index (χ1n) is 5.82. The van der Waals surface area contributed by atoms with Gasteiger partial charge in [0.2, 0.25) is 0 Å². The largest absolute Gasteiger partial charge is 0.526 e. The molecule has 8 heteroatoms. The summed E-state index contributed by atoms with van der Waals surface area (Å²) < 4.78 is 6.27. The maximum Gasteiger partial charge on any atom is 0.526 e. The van der Waals surface area contributed by atoms with Gasteiger partial charge in [-0.3, -0.25) is 0 Å². The third-order valence-corrected chi connectivity index (χ3v) is 3.65. The molecule has 5 nitrogen and oxygen atoms in total. The Hall–Kier alpha value is -1.57. The lowest BCUT2D eigenvalue weighted by Crippen LogP contribution is -2.27. The molecular formula is C12H12B2O5S. The monoisotopic (exact) mass is 290 g/mol. The molecular weight excluding hydrogens is 278 g/mol. The minimum absolute atomic E-state index is 0.171. The van der Waals surface area contributed by atoms with E-state index in [9.17, 15) is 0 Å². The van der Waals surface area contributed by atoms with Crippen molar-refractivity contribution in [2.45, 2.75) is 0 Å². The van der Waals surface area contributed by atoms with Crippen LogP contribution >= 0.6 is 11.3 Å². The number of thiophene rings is 1. The molecule has 20 heavy (non-hydrogen) atoms. The summed E-state index contributed by atoms with van der Waals surface area (Å²) in [6, 6.07) is 12.7. The maximum absolute atomic E-state index is 8.89. The summed E-state index contributed by atoms with van der Waals surface area (Å²) in [6.07, 6.45) is 1.38. The molecule has 0 unspecified atom stereocenters. The molecule has 1 aromatic carbocycles. The van der Waals surface area contributed by atoms with Crippen LogP contribution in [0.1, 0.15) is 0 Å². The van der Waals surface area contributed by atoms with Crippen LogP contribution in [-0.4, -0.2) is 34.3 Å². The van der Waals surface area contributed by atoms with Crippen molar-refractivity contribution in [1.82, 2.24) is 0 Å². The van der Waals surface area contributed by atoms with Gasteiger partial charge in [0, 0.05) is 9.48 Å². The van der Waals surface area contributed by atoms with Crippen LogP contribution in [0.3, 0.4) is 0 Å². The zero-order valence-corrected chi connectivity index (χ0v) is 11.2. The van der Waals surface area contributed by atoms with Gasteiger partial charge in [0.1, 0.15) is 5.66 Å². The Bertz CT molecular complexity index is 618. The van der Waals surface area contributed by atoms with E-state index in [0.717, 1.165) is 10.1 Å². The quantitative estimate of drug-likeness (QED) is 0.479. The van der Waals surface area contributed by atoms with Crippen LogP contribution in [0.25, 0.3) is 10.1 Å². The highest BCUT2D eigenvalue weighted by Gasteiger charge is 2.13. The van der Waals surface area contributed by atoms with E-state index in [1.54, 1.807) is 12.1 Å². The zero-order chi connectivity index (χ0) is 14.5. The normalized spacial score (nSPS) is 10.0. The van der Waals surface area contributed by atoms with Gasteiger partial charge in [0.15, 0.2) is 0 Å². The zero-order valence-electron chi connectivity index (χ0n) is 10.4. The summed E-state index contributed by atoms with van der Waals surface area (Å²) in [6.45, 7) is 0. The molecule has 2 heterocycles. The van der Waals surface area contributed by atoms with Crippen molar-refractivity contribution < 1.29 is 24.5 Å². The van der Waals surface area contributed by atoms with Crippen molar-refractivity contribution in [3.8, 4) is 0 Å². The molecule has 0 radical (unpaired) electrons. The number of benzene rings is 1. The van der Waals surface area contributed by atoms with Crippen LogP contribution in [0, 0.1) is 0 Å². The minimum Gasteiger partial charge on any atom is -0.473 e. The van der Waals surface area contributed by atoms with Crippen LogP contribution < -0.4 is 10.4 Å². The Kier molecular flexibility index (Phi) is 4.99. The van der Waals surface area contributed by atoms with E-state index in [2.05, 4.69) is 4.42 Å². The molecule has 0 aliphatic carbocycles. The second-order valence-electron chi connectivity index (χ2n) is 3.95. The summed E-state index contributed by atoms with van der Waals surface area (Å²) in [7, 11) is -2.83. The Balaban J connectivity index is 0.000000160. The Labute approximate surface area is 120 Å². The van der Waals surface area contributed by atoms with Crippen LogP contribution in [-0.2, 0) is 0 Å². The van der Waals surface area contributed by atoms with E-state index in [0.29, 0.717) is 4.78 Å². The van der Waals surface area contributed by atoms with Gasteiger partial charge in [-0.25, -0.2) is 0 Å². The van der Waals surface area contributed by atoms with E-state index >= 15 is 0 Å². The van der Waals surface area contributed by atoms with Gasteiger partial charge in [0.25, 0.3) is 0 Å². The highest BCUT2D eigenvalue weighted by molar-refractivity contribution is 7.27. The summed E-state index contributed by atoms with van der Waals surface area (Å²) in [5.41, 5.74) is 0.171. The fraction of sp³-hybridized carbons (Fsp3) is 0. The Morgan fingerprint density at radius 3 is 2.15 bits per heavy atom. The van der Waals surface area contributed by atoms with Crippen LogP contribution in [0.15, 0.2) is 53.1 Å². The third-order valence-electron chi connectivity index (χ3n) is 2.50. The molecule has 0 aliphatic heterocycles. The SMILES string of the molecule is OB(O)c1cc2ccccc2s1.OB(O)c1ccco1. The standard InChI is InChI=1S/C8H7BO2S.C4H5BO3/c10-9(11)8-5-6-3-1-2-4-7(6)12-8;6-5(7)4-2-1-3-8-4/h1-5,10-11H;1-3,6-7H. The average molecular weight is 290 g/mol. The van der Waals surface area contributed by atoms with Crippen LogP contribution in [0.2, 0.25) is 0 Å². The molecule has 0 saturated carbocycles. The lowest BCUT2D eigenvalue weighted by atomic mass is 9.88. The number of fused-ring (bicyclic) bond motifs is 1. The van der Waals surface area contributed by atoms with Crippen molar-refractivity contribution in [3.05, 3.63) is 48.7 Å². The highest BCUT2D eigenvalue weighted by atomic mass is 32.1. The highest BCUT2D eigenvalue weighted by Crippen LogP contribution is 2.17. The first-order valence-corrected chi connectivity index (χ1v) is 6.63. The molecule has 3 aromatic rings. The van der Waals surface area contributed by atoms with E-state index < -0.39 is 14.2 Å². The molecule has 3 rings (SSSR count). The van der Waals surface area contributed by atoms with Crippen LogP contribution in [0.5, 0.6) is 0 Å². The topological polar surface area (TPSA) is 94.1 Å². The van der Waals surface area contributed by atoms with Gasteiger partial charge in [-0.15, -0.1) is 11.3 Å². The fourth-order valence-corrected chi connectivity index (χ4v) is 2.50. The smallest absolute Gasteiger partial charge is 0.473 e. The predicted molar refractivity (Wildman–Crippen MR) is 80.2 cm³/mol. The molecule has 0 amide bonds. The summed E-state index contributed by atoms with van der Waals surface area (Å²) in [4.78, 5) is 0. The van der Waals surface area contributed by atoms with E-state index in [-0.39, 0.29) is 5.66 Å². The minimum atomic E-state index is -1.48. The van der Waals surface area contributed by atoms with Gasteiger partial charge in [-0.1, -0.05) is 18.2 Å². The van der Waals surface area contributed by atoms with Crippen molar-refractivity contribution in [2.24, 2.45) is 0 Å². The molecule has 0 fully saturated rings. The Morgan fingerprint density at radius 2 is 1.65 bits per heavy atom.